The molecule has 0 aromatic carbocycles. The smallest absolute Gasteiger partial charge is 0.220 e. The Balaban J connectivity index is 1.94. The summed E-state index contributed by atoms with van der Waals surface area (Å²) >= 11 is 0. The molecule has 4 nitrogen and oxygen atoms in total. The molecule has 0 unspecified atom stereocenters. The van der Waals surface area contributed by atoms with Gasteiger partial charge in [0.25, 0.3) is 0 Å². The van der Waals surface area contributed by atoms with Crippen LogP contribution in [0.25, 0.3) is 0 Å². The van der Waals surface area contributed by atoms with E-state index >= 15 is 0 Å². The summed E-state index contributed by atoms with van der Waals surface area (Å²) in [5.74, 6) is 0.246. The SMILES string of the molecule is CCCCOCCCCC(=O)CCC(=O)NC1CCCCC1. The molecule has 1 aliphatic carbocycles. The monoisotopic (exact) mass is 311 g/mol. The third-order valence-corrected chi connectivity index (χ3v) is 4.24. The minimum absolute atomic E-state index is 0.0446. The van der Waals surface area contributed by atoms with Crippen LogP contribution in [0.15, 0.2) is 0 Å². The highest BCUT2D eigenvalue weighted by atomic mass is 16.5. The second kappa shape index (κ2) is 12.6. The van der Waals surface area contributed by atoms with Crippen LogP contribution in [0.3, 0.4) is 0 Å². The van der Waals surface area contributed by atoms with Crippen molar-refractivity contribution in [2.75, 3.05) is 13.2 Å². The maximum atomic E-state index is 11.8. The molecule has 0 bridgehead atoms. The van der Waals surface area contributed by atoms with Crippen molar-refractivity contribution in [3.05, 3.63) is 0 Å². The van der Waals surface area contributed by atoms with Gasteiger partial charge in [-0.05, 0) is 32.1 Å². The predicted octanol–water partition coefficient (Wildman–Crippen LogP) is 3.77. The van der Waals surface area contributed by atoms with Crippen LogP contribution in [-0.4, -0.2) is 30.9 Å². The predicted molar refractivity (Wildman–Crippen MR) is 88.8 cm³/mol. The van der Waals surface area contributed by atoms with Crippen molar-refractivity contribution >= 4 is 11.7 Å². The number of ketones is 1. The van der Waals surface area contributed by atoms with Crippen molar-refractivity contribution in [3.8, 4) is 0 Å². The first kappa shape index (κ1) is 19.1. The Morgan fingerprint density at radius 3 is 2.41 bits per heavy atom. The van der Waals surface area contributed by atoms with Crippen molar-refractivity contribution in [2.45, 2.75) is 90.0 Å². The van der Waals surface area contributed by atoms with Crippen LogP contribution in [0.5, 0.6) is 0 Å². The number of rotatable bonds is 12. The summed E-state index contributed by atoms with van der Waals surface area (Å²) in [6, 6.07) is 0.344. The Morgan fingerprint density at radius 1 is 0.955 bits per heavy atom. The molecule has 128 valence electrons. The van der Waals surface area contributed by atoms with E-state index < -0.39 is 0 Å². The van der Waals surface area contributed by atoms with Gasteiger partial charge in [0.2, 0.25) is 5.91 Å². The molecule has 0 atom stereocenters. The zero-order chi connectivity index (χ0) is 16.0. The molecule has 1 amide bonds. The second-order valence-electron chi connectivity index (χ2n) is 6.36. The van der Waals surface area contributed by atoms with E-state index in [1.807, 2.05) is 0 Å². The fraction of sp³-hybridized carbons (Fsp3) is 0.889. The highest BCUT2D eigenvalue weighted by molar-refractivity contribution is 5.85. The van der Waals surface area contributed by atoms with Crippen molar-refractivity contribution in [3.63, 3.8) is 0 Å². The Hall–Kier alpha value is -0.900. The standard InChI is InChI=1S/C18H33NO3/c1-2-3-14-22-15-8-7-11-17(20)12-13-18(21)19-16-9-5-4-6-10-16/h16H,2-15H2,1H3,(H,19,21). The maximum Gasteiger partial charge on any atom is 0.220 e. The number of Topliss-reactive ketones (excluding diaryl/α,β-unsaturated/α-hetero) is 1. The van der Waals surface area contributed by atoms with Gasteiger partial charge in [-0.3, -0.25) is 9.59 Å². The highest BCUT2D eigenvalue weighted by Gasteiger charge is 2.16. The summed E-state index contributed by atoms with van der Waals surface area (Å²) in [6.07, 6.45) is 11.3. The number of hydrogen-bond acceptors (Lipinski definition) is 3. The molecule has 4 heteroatoms. The van der Waals surface area contributed by atoms with Gasteiger partial charge in [-0.25, -0.2) is 0 Å². The molecule has 0 aliphatic heterocycles. The fourth-order valence-electron chi connectivity index (χ4n) is 2.80. The van der Waals surface area contributed by atoms with Crippen molar-refractivity contribution in [2.24, 2.45) is 0 Å². The molecular weight excluding hydrogens is 278 g/mol. The van der Waals surface area contributed by atoms with Crippen LogP contribution in [0.1, 0.15) is 84.0 Å². The summed E-state index contributed by atoms with van der Waals surface area (Å²) in [6.45, 7) is 3.72. The maximum absolute atomic E-state index is 11.8. The second-order valence-corrected chi connectivity index (χ2v) is 6.36. The van der Waals surface area contributed by atoms with E-state index in [0.29, 0.717) is 25.3 Å². The van der Waals surface area contributed by atoms with Gasteiger partial charge in [0, 0.05) is 38.5 Å². The quantitative estimate of drug-likeness (QED) is 0.558. The molecule has 0 saturated heterocycles. The molecule has 0 radical (unpaired) electrons. The summed E-state index contributed by atoms with van der Waals surface area (Å²) < 4.78 is 5.46. The Labute approximate surface area is 135 Å². The number of amides is 1. The number of unbranched alkanes of at least 4 members (excludes halogenated alkanes) is 2. The van der Waals surface area contributed by atoms with E-state index in [2.05, 4.69) is 12.2 Å². The summed E-state index contributed by atoms with van der Waals surface area (Å²) in [5, 5.41) is 3.06. The van der Waals surface area contributed by atoms with Gasteiger partial charge in [0.15, 0.2) is 0 Å². The van der Waals surface area contributed by atoms with Gasteiger partial charge >= 0.3 is 0 Å². The zero-order valence-electron chi connectivity index (χ0n) is 14.2. The molecule has 0 heterocycles. The van der Waals surface area contributed by atoms with Crippen molar-refractivity contribution < 1.29 is 14.3 Å². The van der Waals surface area contributed by atoms with E-state index in [-0.39, 0.29) is 11.7 Å². The summed E-state index contributed by atoms with van der Waals surface area (Å²) in [7, 11) is 0. The lowest BCUT2D eigenvalue weighted by atomic mass is 9.95. The van der Waals surface area contributed by atoms with Crippen LogP contribution in [-0.2, 0) is 14.3 Å². The fourth-order valence-corrected chi connectivity index (χ4v) is 2.80. The molecule has 1 fully saturated rings. The third-order valence-electron chi connectivity index (χ3n) is 4.24. The number of ether oxygens (including phenoxy) is 1. The van der Waals surface area contributed by atoms with Crippen LogP contribution in [0.2, 0.25) is 0 Å². The molecule has 1 saturated carbocycles. The third kappa shape index (κ3) is 9.93. The number of hydrogen-bond donors (Lipinski definition) is 1. The normalized spacial score (nSPS) is 15.7. The minimum atomic E-state index is 0.0446. The molecule has 22 heavy (non-hydrogen) atoms. The number of nitrogens with one attached hydrogen (secondary N) is 1. The molecule has 0 aromatic heterocycles. The lowest BCUT2D eigenvalue weighted by molar-refractivity contribution is -0.126. The van der Waals surface area contributed by atoms with Gasteiger partial charge in [0.1, 0.15) is 5.78 Å². The highest BCUT2D eigenvalue weighted by Crippen LogP contribution is 2.17. The molecular formula is C18H33NO3. The topological polar surface area (TPSA) is 55.4 Å². The largest absolute Gasteiger partial charge is 0.381 e. The van der Waals surface area contributed by atoms with Gasteiger partial charge < -0.3 is 10.1 Å². The zero-order valence-corrected chi connectivity index (χ0v) is 14.2. The van der Waals surface area contributed by atoms with E-state index in [4.69, 9.17) is 4.74 Å². The number of carbonyl (C=O) groups is 2. The molecule has 0 aromatic rings. The Kier molecular flexibility index (Phi) is 11.0. The van der Waals surface area contributed by atoms with E-state index in [1.54, 1.807) is 0 Å². The first-order chi connectivity index (χ1) is 10.7. The first-order valence-corrected chi connectivity index (χ1v) is 9.11. The lowest BCUT2D eigenvalue weighted by Gasteiger charge is -2.22. The van der Waals surface area contributed by atoms with Gasteiger partial charge in [0.05, 0.1) is 0 Å². The average molecular weight is 311 g/mol. The minimum Gasteiger partial charge on any atom is -0.381 e. The van der Waals surface area contributed by atoms with Gasteiger partial charge in [-0.1, -0.05) is 32.6 Å². The van der Waals surface area contributed by atoms with Crippen LogP contribution in [0, 0.1) is 0 Å². The molecule has 1 aliphatic rings. The van der Waals surface area contributed by atoms with Gasteiger partial charge in [-0.2, -0.15) is 0 Å². The molecule has 0 spiro atoms. The van der Waals surface area contributed by atoms with Gasteiger partial charge in [-0.15, -0.1) is 0 Å². The van der Waals surface area contributed by atoms with Crippen molar-refractivity contribution in [1.82, 2.24) is 5.32 Å². The lowest BCUT2D eigenvalue weighted by Crippen LogP contribution is -2.36. The Bertz CT molecular complexity index is 311. The van der Waals surface area contributed by atoms with E-state index in [1.165, 1.54) is 19.3 Å². The van der Waals surface area contributed by atoms with E-state index in [9.17, 15) is 9.59 Å². The summed E-state index contributed by atoms with van der Waals surface area (Å²) in [4.78, 5) is 23.6. The van der Waals surface area contributed by atoms with Crippen LogP contribution in [0.4, 0.5) is 0 Å². The van der Waals surface area contributed by atoms with Crippen LogP contribution < -0.4 is 5.32 Å². The number of carbonyl (C=O) groups excluding carboxylic acids is 2. The Morgan fingerprint density at radius 2 is 1.68 bits per heavy atom. The molecule has 1 N–H and O–H groups in total. The molecule has 1 rings (SSSR count). The first-order valence-electron chi connectivity index (χ1n) is 9.11. The summed E-state index contributed by atoms with van der Waals surface area (Å²) in [5.41, 5.74) is 0. The van der Waals surface area contributed by atoms with Crippen molar-refractivity contribution in [1.29, 1.82) is 0 Å². The average Bonchev–Trinajstić information content (AvgIpc) is 2.53. The van der Waals surface area contributed by atoms with Crippen LogP contribution >= 0.6 is 0 Å². The van der Waals surface area contributed by atoms with E-state index in [0.717, 1.165) is 51.7 Å².